The lowest BCUT2D eigenvalue weighted by molar-refractivity contribution is -0.123. The molecule has 4 nitrogen and oxygen atoms in total. The van der Waals surface area contributed by atoms with E-state index in [9.17, 15) is 9.59 Å². The topological polar surface area (TPSA) is 46.6 Å². The maximum Gasteiger partial charge on any atom is 0.237 e. The zero-order valence-corrected chi connectivity index (χ0v) is 12.6. The van der Waals surface area contributed by atoms with Crippen LogP contribution in [-0.2, 0) is 14.3 Å². The Hall–Kier alpha value is -2.62. The van der Waals surface area contributed by atoms with Gasteiger partial charge in [-0.15, -0.1) is 6.58 Å². The van der Waals surface area contributed by atoms with E-state index < -0.39 is 0 Å². The van der Waals surface area contributed by atoms with Gasteiger partial charge in [-0.05, 0) is 25.5 Å². The van der Waals surface area contributed by atoms with Crippen LogP contribution in [0.25, 0.3) is 0 Å². The van der Waals surface area contributed by atoms with Crippen LogP contribution in [0.5, 0.6) is 0 Å². The molecule has 0 fully saturated rings. The highest BCUT2D eigenvalue weighted by Gasteiger charge is 2.25. The molecular weight excluding hydrogens is 278 g/mol. The van der Waals surface area contributed by atoms with Gasteiger partial charge < -0.3 is 4.74 Å². The van der Waals surface area contributed by atoms with E-state index in [1.807, 2.05) is 37.3 Å². The molecule has 1 unspecified atom stereocenters. The summed E-state index contributed by atoms with van der Waals surface area (Å²) >= 11 is 0. The Bertz CT molecular complexity index is 616. The van der Waals surface area contributed by atoms with Crippen LogP contribution in [0.2, 0.25) is 0 Å². The first-order valence-corrected chi connectivity index (χ1v) is 7.11. The standard InChI is InChI=1S/C18H19NO3/c1-14(2)12-15-13-22-11-9-17(20)8-10-19(18(15)21)16-6-4-3-5-7-16/h3-11,15H,1,12-13H2,2H3/b10-8-,11-9-. The summed E-state index contributed by atoms with van der Waals surface area (Å²) in [4.78, 5) is 26.0. The molecule has 0 radical (unpaired) electrons. The third-order valence-corrected chi connectivity index (χ3v) is 3.23. The number of carbonyl (C=O) groups is 2. The minimum atomic E-state index is -0.347. The first-order valence-electron chi connectivity index (χ1n) is 7.11. The highest BCUT2D eigenvalue weighted by atomic mass is 16.5. The van der Waals surface area contributed by atoms with Gasteiger partial charge in [-0.3, -0.25) is 14.5 Å². The summed E-state index contributed by atoms with van der Waals surface area (Å²) in [6.07, 6.45) is 6.09. The lowest BCUT2D eigenvalue weighted by atomic mass is 10.00. The number of anilines is 1. The Labute approximate surface area is 130 Å². The Kier molecular flexibility index (Phi) is 5.31. The SMILES string of the molecule is C=C(C)CC1CO/C=C\C(=O)/C=C\N(c2ccccc2)C1=O. The van der Waals surface area contributed by atoms with Gasteiger partial charge in [-0.25, -0.2) is 0 Å². The van der Waals surface area contributed by atoms with Gasteiger partial charge in [0, 0.05) is 24.0 Å². The molecule has 1 aliphatic rings. The number of hydrogen-bond acceptors (Lipinski definition) is 3. The van der Waals surface area contributed by atoms with E-state index in [0.29, 0.717) is 12.1 Å². The second-order valence-electron chi connectivity index (χ2n) is 5.26. The molecule has 4 heteroatoms. The average molecular weight is 297 g/mol. The van der Waals surface area contributed by atoms with Crippen LogP contribution in [0.4, 0.5) is 5.69 Å². The molecule has 2 rings (SSSR count). The molecule has 1 amide bonds. The lowest BCUT2D eigenvalue weighted by Gasteiger charge is -2.25. The van der Waals surface area contributed by atoms with E-state index in [4.69, 9.17) is 4.74 Å². The summed E-state index contributed by atoms with van der Waals surface area (Å²) in [6, 6.07) is 9.23. The van der Waals surface area contributed by atoms with Crippen molar-refractivity contribution in [3.05, 3.63) is 67.1 Å². The third kappa shape index (κ3) is 4.19. The van der Waals surface area contributed by atoms with E-state index in [2.05, 4.69) is 6.58 Å². The molecule has 0 bridgehead atoms. The molecule has 0 saturated carbocycles. The third-order valence-electron chi connectivity index (χ3n) is 3.23. The van der Waals surface area contributed by atoms with Crippen LogP contribution in [0.15, 0.2) is 67.1 Å². The number of nitrogens with zero attached hydrogens (tertiary/aromatic N) is 1. The number of allylic oxidation sites excluding steroid dienone is 3. The minimum Gasteiger partial charge on any atom is -0.500 e. The van der Waals surface area contributed by atoms with Crippen molar-refractivity contribution < 1.29 is 14.3 Å². The van der Waals surface area contributed by atoms with Crippen molar-refractivity contribution in [2.75, 3.05) is 11.5 Å². The van der Waals surface area contributed by atoms with Gasteiger partial charge in [0.25, 0.3) is 0 Å². The van der Waals surface area contributed by atoms with Crippen LogP contribution in [-0.4, -0.2) is 18.3 Å². The van der Waals surface area contributed by atoms with Crippen LogP contribution in [0, 0.1) is 5.92 Å². The first-order chi connectivity index (χ1) is 10.6. The summed E-state index contributed by atoms with van der Waals surface area (Å²) in [5, 5.41) is 0. The van der Waals surface area contributed by atoms with E-state index in [1.54, 1.807) is 0 Å². The van der Waals surface area contributed by atoms with Crippen molar-refractivity contribution in [2.24, 2.45) is 5.92 Å². The van der Waals surface area contributed by atoms with E-state index >= 15 is 0 Å². The number of benzene rings is 1. The quantitative estimate of drug-likeness (QED) is 0.805. The second kappa shape index (κ2) is 7.41. The van der Waals surface area contributed by atoms with Crippen LogP contribution >= 0.6 is 0 Å². The number of amides is 1. The molecule has 114 valence electrons. The minimum absolute atomic E-state index is 0.117. The molecule has 1 aromatic rings. The van der Waals surface area contributed by atoms with Crippen molar-refractivity contribution in [1.82, 2.24) is 0 Å². The largest absolute Gasteiger partial charge is 0.500 e. The predicted octanol–water partition coefficient (Wildman–Crippen LogP) is 3.23. The molecule has 1 atom stereocenters. The number of rotatable bonds is 3. The monoisotopic (exact) mass is 297 g/mol. The van der Waals surface area contributed by atoms with E-state index in [1.165, 1.54) is 29.5 Å². The van der Waals surface area contributed by atoms with E-state index in [0.717, 1.165) is 5.57 Å². The summed E-state index contributed by atoms with van der Waals surface area (Å²) < 4.78 is 5.32. The Morgan fingerprint density at radius 1 is 1.27 bits per heavy atom. The number of para-hydroxylation sites is 1. The van der Waals surface area contributed by atoms with Crippen LogP contribution in [0.3, 0.4) is 0 Å². The van der Waals surface area contributed by atoms with Crippen LogP contribution < -0.4 is 4.90 Å². The van der Waals surface area contributed by atoms with Gasteiger partial charge in [0.05, 0.1) is 18.8 Å². The molecule has 22 heavy (non-hydrogen) atoms. The van der Waals surface area contributed by atoms with Crippen molar-refractivity contribution in [1.29, 1.82) is 0 Å². The van der Waals surface area contributed by atoms with Crippen molar-refractivity contribution in [3.63, 3.8) is 0 Å². The van der Waals surface area contributed by atoms with Crippen LogP contribution in [0.1, 0.15) is 13.3 Å². The normalized spacial score (nSPS) is 21.9. The fraction of sp³-hybridized carbons (Fsp3) is 0.222. The zero-order chi connectivity index (χ0) is 15.9. The molecule has 0 aliphatic carbocycles. The maximum atomic E-state index is 12.8. The summed E-state index contributed by atoms with van der Waals surface area (Å²) in [5.74, 6) is -0.694. The number of carbonyl (C=O) groups excluding carboxylic acids is 2. The molecular formula is C18H19NO3. The smallest absolute Gasteiger partial charge is 0.237 e. The number of ketones is 1. The highest BCUT2D eigenvalue weighted by molar-refractivity contribution is 6.02. The Morgan fingerprint density at radius 2 is 2.00 bits per heavy atom. The lowest BCUT2D eigenvalue weighted by Crippen LogP contribution is -2.35. The van der Waals surface area contributed by atoms with Gasteiger partial charge in [-0.2, -0.15) is 0 Å². The molecule has 0 N–H and O–H groups in total. The number of ether oxygens (including phenoxy) is 1. The van der Waals surface area contributed by atoms with Gasteiger partial charge in [0.2, 0.25) is 5.91 Å². The van der Waals surface area contributed by atoms with Crippen molar-refractivity contribution >= 4 is 17.4 Å². The van der Waals surface area contributed by atoms with Gasteiger partial charge in [0.15, 0.2) is 5.78 Å². The molecule has 1 aliphatic heterocycles. The molecule has 0 aromatic heterocycles. The fourth-order valence-corrected chi connectivity index (χ4v) is 2.20. The second-order valence-corrected chi connectivity index (χ2v) is 5.26. The summed E-state index contributed by atoms with van der Waals surface area (Å²) in [7, 11) is 0. The number of hydrogen-bond donors (Lipinski definition) is 0. The van der Waals surface area contributed by atoms with Crippen molar-refractivity contribution in [3.8, 4) is 0 Å². The molecule has 1 aromatic carbocycles. The van der Waals surface area contributed by atoms with Crippen molar-refractivity contribution in [2.45, 2.75) is 13.3 Å². The zero-order valence-electron chi connectivity index (χ0n) is 12.6. The molecule has 0 spiro atoms. The summed E-state index contributed by atoms with van der Waals surface area (Å²) in [6.45, 7) is 5.97. The Balaban J connectivity index is 2.37. The van der Waals surface area contributed by atoms with Gasteiger partial charge >= 0.3 is 0 Å². The van der Waals surface area contributed by atoms with Gasteiger partial charge in [0.1, 0.15) is 0 Å². The first kappa shape index (κ1) is 15.8. The predicted molar refractivity (Wildman–Crippen MR) is 86.1 cm³/mol. The maximum absolute atomic E-state index is 12.8. The fourth-order valence-electron chi connectivity index (χ4n) is 2.20. The average Bonchev–Trinajstić information content (AvgIpc) is 2.50. The summed E-state index contributed by atoms with van der Waals surface area (Å²) in [5.41, 5.74) is 1.63. The Morgan fingerprint density at radius 3 is 2.68 bits per heavy atom. The molecule has 0 saturated heterocycles. The van der Waals surface area contributed by atoms with E-state index in [-0.39, 0.29) is 24.2 Å². The highest BCUT2D eigenvalue weighted by Crippen LogP contribution is 2.21. The van der Waals surface area contributed by atoms with Gasteiger partial charge in [-0.1, -0.05) is 23.8 Å². The molecule has 1 heterocycles.